The Bertz CT molecular complexity index is 659. The molecular weight excluding hydrogens is 279 g/mol. The molecule has 1 N–H and O–H groups in total. The highest BCUT2D eigenvalue weighted by Crippen LogP contribution is 2.27. The number of aromatic nitrogens is 4. The highest BCUT2D eigenvalue weighted by atomic mass is 19.1. The van der Waals surface area contributed by atoms with Crippen molar-refractivity contribution in [1.82, 2.24) is 20.2 Å². The van der Waals surface area contributed by atoms with Crippen molar-refractivity contribution in [1.29, 1.82) is 0 Å². The van der Waals surface area contributed by atoms with Crippen molar-refractivity contribution in [2.45, 2.75) is 19.9 Å². The van der Waals surface area contributed by atoms with Gasteiger partial charge in [0.15, 0.2) is 17.4 Å². The standard InChI is InChI=1S/C13H15FN4O3/c1-7(13(19)20)8(2)18-12(15-16-17-18)9-4-5-11(21-3)10(14)6-9/h4-8H,1-3H3,(H,19,20). The topological polar surface area (TPSA) is 90.1 Å². The first kappa shape index (κ1) is 14.9. The summed E-state index contributed by atoms with van der Waals surface area (Å²) >= 11 is 0. The number of halogens is 1. The van der Waals surface area contributed by atoms with Gasteiger partial charge in [-0.05, 0) is 42.5 Å². The molecule has 112 valence electrons. The maximum atomic E-state index is 13.8. The summed E-state index contributed by atoms with van der Waals surface area (Å²) in [7, 11) is 1.37. The Hall–Kier alpha value is -2.51. The van der Waals surface area contributed by atoms with Gasteiger partial charge in [0.25, 0.3) is 0 Å². The van der Waals surface area contributed by atoms with Crippen LogP contribution in [0.2, 0.25) is 0 Å². The third-order valence-corrected chi connectivity index (χ3v) is 3.40. The molecule has 1 aromatic carbocycles. The number of tetrazole rings is 1. The highest BCUT2D eigenvalue weighted by molar-refractivity contribution is 5.70. The Kier molecular flexibility index (Phi) is 4.15. The summed E-state index contributed by atoms with van der Waals surface area (Å²) in [6.45, 7) is 3.26. The second kappa shape index (κ2) is 5.86. The first-order chi connectivity index (χ1) is 9.95. The molecule has 0 radical (unpaired) electrons. The molecule has 2 aromatic rings. The number of carboxylic acids is 1. The number of carbonyl (C=O) groups is 1. The number of nitrogens with zero attached hydrogens (tertiary/aromatic N) is 4. The van der Waals surface area contributed by atoms with E-state index >= 15 is 0 Å². The number of rotatable bonds is 5. The van der Waals surface area contributed by atoms with E-state index < -0.39 is 23.7 Å². The molecule has 1 aromatic heterocycles. The smallest absolute Gasteiger partial charge is 0.308 e. The fraction of sp³-hybridized carbons (Fsp3) is 0.385. The lowest BCUT2D eigenvalue weighted by Gasteiger charge is -2.17. The van der Waals surface area contributed by atoms with Crippen LogP contribution in [0.25, 0.3) is 11.4 Å². The second-order valence-corrected chi connectivity index (χ2v) is 4.66. The molecular formula is C13H15FN4O3. The van der Waals surface area contributed by atoms with Crippen LogP contribution >= 0.6 is 0 Å². The molecule has 0 saturated heterocycles. The van der Waals surface area contributed by atoms with Crippen molar-refractivity contribution in [2.24, 2.45) is 5.92 Å². The number of aliphatic carboxylic acids is 1. The number of benzene rings is 1. The van der Waals surface area contributed by atoms with Crippen LogP contribution in [0.15, 0.2) is 18.2 Å². The SMILES string of the molecule is COc1ccc(-c2nnnn2C(C)C(C)C(=O)O)cc1F. The number of hydrogen-bond acceptors (Lipinski definition) is 5. The summed E-state index contributed by atoms with van der Waals surface area (Å²) in [6, 6.07) is 3.86. The summed E-state index contributed by atoms with van der Waals surface area (Å²) in [6.07, 6.45) is 0. The zero-order chi connectivity index (χ0) is 15.6. The van der Waals surface area contributed by atoms with E-state index in [0.717, 1.165) is 0 Å². The second-order valence-electron chi connectivity index (χ2n) is 4.66. The van der Waals surface area contributed by atoms with Crippen LogP contribution in [0.4, 0.5) is 4.39 Å². The molecule has 21 heavy (non-hydrogen) atoms. The average molecular weight is 294 g/mol. The highest BCUT2D eigenvalue weighted by Gasteiger charge is 2.25. The lowest BCUT2D eigenvalue weighted by atomic mass is 10.0. The predicted octanol–water partition coefficient (Wildman–Crippen LogP) is 1.77. The van der Waals surface area contributed by atoms with Crippen molar-refractivity contribution in [2.75, 3.05) is 7.11 Å². The molecule has 0 bridgehead atoms. The summed E-state index contributed by atoms with van der Waals surface area (Å²) in [5.41, 5.74) is 0.447. The van der Waals surface area contributed by atoms with Gasteiger partial charge in [0.2, 0.25) is 0 Å². The number of methoxy groups -OCH3 is 1. The van der Waals surface area contributed by atoms with E-state index in [1.165, 1.54) is 23.9 Å². The third-order valence-electron chi connectivity index (χ3n) is 3.40. The molecule has 0 amide bonds. The lowest BCUT2D eigenvalue weighted by Crippen LogP contribution is -2.23. The van der Waals surface area contributed by atoms with Crippen molar-refractivity contribution in [3.63, 3.8) is 0 Å². The van der Waals surface area contributed by atoms with E-state index in [0.29, 0.717) is 11.4 Å². The van der Waals surface area contributed by atoms with Crippen molar-refractivity contribution >= 4 is 5.97 Å². The zero-order valence-electron chi connectivity index (χ0n) is 11.8. The first-order valence-electron chi connectivity index (χ1n) is 6.30. The van der Waals surface area contributed by atoms with Crippen LogP contribution in [0.5, 0.6) is 5.75 Å². The minimum Gasteiger partial charge on any atom is -0.494 e. The van der Waals surface area contributed by atoms with E-state index in [2.05, 4.69) is 15.5 Å². The van der Waals surface area contributed by atoms with E-state index in [4.69, 9.17) is 9.84 Å². The fourth-order valence-electron chi connectivity index (χ4n) is 1.88. The third kappa shape index (κ3) is 2.83. The lowest BCUT2D eigenvalue weighted by molar-refractivity contribution is -0.142. The minimum atomic E-state index is -0.954. The molecule has 1 heterocycles. The van der Waals surface area contributed by atoms with Crippen LogP contribution < -0.4 is 4.74 Å². The molecule has 2 rings (SSSR count). The normalized spacial score (nSPS) is 13.7. The van der Waals surface area contributed by atoms with Gasteiger partial charge in [0.05, 0.1) is 19.1 Å². The van der Waals surface area contributed by atoms with Gasteiger partial charge in [-0.2, -0.15) is 0 Å². The molecule has 0 spiro atoms. The average Bonchev–Trinajstić information content (AvgIpc) is 2.94. The number of hydrogen-bond donors (Lipinski definition) is 1. The Morgan fingerprint density at radius 1 is 1.43 bits per heavy atom. The van der Waals surface area contributed by atoms with Gasteiger partial charge in [0.1, 0.15) is 0 Å². The molecule has 0 saturated carbocycles. The van der Waals surface area contributed by atoms with Gasteiger partial charge in [-0.3, -0.25) is 4.79 Å². The molecule has 2 unspecified atom stereocenters. The minimum absolute atomic E-state index is 0.115. The Morgan fingerprint density at radius 3 is 2.71 bits per heavy atom. The summed E-state index contributed by atoms with van der Waals surface area (Å²) in [5, 5.41) is 20.3. The maximum Gasteiger partial charge on any atom is 0.308 e. The van der Waals surface area contributed by atoms with E-state index in [1.807, 2.05) is 0 Å². The van der Waals surface area contributed by atoms with Gasteiger partial charge in [0, 0.05) is 5.56 Å². The van der Waals surface area contributed by atoms with Gasteiger partial charge < -0.3 is 9.84 Å². The monoisotopic (exact) mass is 294 g/mol. The number of ether oxygens (including phenoxy) is 1. The van der Waals surface area contributed by atoms with Gasteiger partial charge in [-0.1, -0.05) is 0 Å². The maximum absolute atomic E-state index is 13.8. The Balaban J connectivity index is 2.40. The van der Waals surface area contributed by atoms with Crippen LogP contribution in [-0.4, -0.2) is 38.4 Å². The molecule has 0 aliphatic heterocycles. The van der Waals surface area contributed by atoms with Gasteiger partial charge >= 0.3 is 5.97 Å². The van der Waals surface area contributed by atoms with Crippen molar-refractivity contribution < 1.29 is 19.0 Å². The molecule has 0 aliphatic rings. The Labute approximate surface area is 120 Å². The zero-order valence-corrected chi connectivity index (χ0v) is 11.8. The van der Waals surface area contributed by atoms with Crippen molar-refractivity contribution in [3.05, 3.63) is 24.0 Å². The van der Waals surface area contributed by atoms with Gasteiger partial charge in [-0.25, -0.2) is 9.07 Å². The predicted molar refractivity (Wildman–Crippen MR) is 71.3 cm³/mol. The molecule has 7 nitrogen and oxygen atoms in total. The quantitative estimate of drug-likeness (QED) is 0.903. The number of carboxylic acid groups (broad SMARTS) is 1. The largest absolute Gasteiger partial charge is 0.494 e. The van der Waals surface area contributed by atoms with E-state index in [1.54, 1.807) is 19.9 Å². The fourth-order valence-corrected chi connectivity index (χ4v) is 1.88. The molecule has 0 fully saturated rings. The van der Waals surface area contributed by atoms with Crippen LogP contribution in [0.3, 0.4) is 0 Å². The van der Waals surface area contributed by atoms with Crippen LogP contribution in [-0.2, 0) is 4.79 Å². The van der Waals surface area contributed by atoms with Gasteiger partial charge in [-0.15, -0.1) is 5.10 Å². The van der Waals surface area contributed by atoms with Crippen LogP contribution in [0.1, 0.15) is 19.9 Å². The summed E-state index contributed by atoms with van der Waals surface area (Å²) < 4.78 is 20.0. The van der Waals surface area contributed by atoms with Crippen molar-refractivity contribution in [3.8, 4) is 17.1 Å². The molecule has 2 atom stereocenters. The van der Waals surface area contributed by atoms with Crippen LogP contribution in [0, 0.1) is 11.7 Å². The summed E-state index contributed by atoms with van der Waals surface area (Å²) in [5.74, 6) is -1.76. The summed E-state index contributed by atoms with van der Waals surface area (Å²) in [4.78, 5) is 11.1. The molecule has 0 aliphatic carbocycles. The molecule has 8 heteroatoms. The van der Waals surface area contributed by atoms with E-state index in [9.17, 15) is 9.18 Å². The Morgan fingerprint density at radius 2 is 2.14 bits per heavy atom. The van der Waals surface area contributed by atoms with E-state index in [-0.39, 0.29) is 5.75 Å². The first-order valence-corrected chi connectivity index (χ1v) is 6.30.